The Morgan fingerprint density at radius 3 is 1.55 bits per heavy atom. The average molecular weight is 302 g/mol. The maximum atomic E-state index is 11.6. The molecule has 0 aromatic heterocycles. The number of hydrogen-bond donors (Lipinski definition) is 2. The van der Waals surface area contributed by atoms with Crippen molar-refractivity contribution in [2.75, 3.05) is 0 Å². The first-order valence-electron chi connectivity index (χ1n) is 6.72. The second-order valence-electron chi connectivity index (χ2n) is 5.14. The molecule has 0 spiro atoms. The third-order valence-electron chi connectivity index (χ3n) is 4.16. The topological polar surface area (TPSA) is 93.1 Å². The molecule has 0 saturated heterocycles. The lowest BCUT2D eigenvalue weighted by atomic mass is 9.68. The van der Waals surface area contributed by atoms with Crippen LogP contribution in [0, 0.1) is 0 Å². The molecule has 22 heavy (non-hydrogen) atoms. The molecule has 6 nitrogen and oxygen atoms in total. The number of carboxylic acid groups (broad SMARTS) is 2. The largest absolute Gasteiger partial charge is 0.494 e. The second kappa shape index (κ2) is 4.91. The highest BCUT2D eigenvalue weighted by Gasteiger charge is 2.46. The molecule has 2 aliphatic rings. The van der Waals surface area contributed by atoms with Gasteiger partial charge in [0.2, 0.25) is 0 Å². The Bertz CT molecular complexity index is 656. The molecule has 0 saturated carbocycles. The van der Waals surface area contributed by atoms with Gasteiger partial charge in [-0.25, -0.2) is 9.59 Å². The summed E-state index contributed by atoms with van der Waals surface area (Å²) in [7, 11) is 0. The molecule has 2 aliphatic carbocycles. The van der Waals surface area contributed by atoms with Crippen LogP contribution in [-0.4, -0.2) is 22.2 Å². The predicted molar refractivity (Wildman–Crippen MR) is 75.8 cm³/mol. The molecule has 3 rings (SSSR count). The summed E-state index contributed by atoms with van der Waals surface area (Å²) in [5.41, 5.74) is 2.18. The van der Waals surface area contributed by atoms with E-state index in [0.29, 0.717) is 35.1 Å². The first-order chi connectivity index (χ1) is 10.5. The second-order valence-corrected chi connectivity index (χ2v) is 5.14. The van der Waals surface area contributed by atoms with Gasteiger partial charge in [-0.15, -0.1) is 0 Å². The van der Waals surface area contributed by atoms with E-state index in [2.05, 4.69) is 13.2 Å². The van der Waals surface area contributed by atoms with Gasteiger partial charge in [-0.1, -0.05) is 13.2 Å². The third-order valence-corrected chi connectivity index (χ3v) is 4.16. The minimum absolute atomic E-state index is 0.136. The van der Waals surface area contributed by atoms with Crippen molar-refractivity contribution < 1.29 is 29.3 Å². The molecule has 0 fully saturated rings. The molecule has 6 heteroatoms. The van der Waals surface area contributed by atoms with E-state index in [9.17, 15) is 19.8 Å². The van der Waals surface area contributed by atoms with E-state index in [1.54, 1.807) is 0 Å². The van der Waals surface area contributed by atoms with Crippen molar-refractivity contribution in [1.29, 1.82) is 0 Å². The van der Waals surface area contributed by atoms with Crippen molar-refractivity contribution in [2.24, 2.45) is 0 Å². The average Bonchev–Trinajstić information content (AvgIpc) is 2.42. The zero-order valence-electron chi connectivity index (χ0n) is 11.7. The summed E-state index contributed by atoms with van der Waals surface area (Å²) in [5.74, 6) is -2.17. The highest BCUT2D eigenvalue weighted by Crippen LogP contribution is 2.51. The van der Waals surface area contributed by atoms with Crippen LogP contribution in [0.15, 0.2) is 25.7 Å². The Hall–Kier alpha value is -2.76. The summed E-state index contributed by atoms with van der Waals surface area (Å²) in [6, 6.07) is 0. The lowest BCUT2D eigenvalue weighted by Crippen LogP contribution is -2.35. The van der Waals surface area contributed by atoms with Gasteiger partial charge in [0, 0.05) is 24.0 Å². The van der Waals surface area contributed by atoms with Crippen molar-refractivity contribution in [3.63, 3.8) is 0 Å². The fraction of sp³-hybridized carbons (Fsp3) is 0.250. The lowest BCUT2D eigenvalue weighted by molar-refractivity contribution is 0.0627. The fourth-order valence-corrected chi connectivity index (χ4v) is 3.30. The number of carboxylic acids is 2. The molecule has 1 aromatic carbocycles. The molecule has 2 unspecified atom stereocenters. The van der Waals surface area contributed by atoms with Gasteiger partial charge in [0.1, 0.15) is 12.2 Å². The van der Waals surface area contributed by atoms with E-state index >= 15 is 0 Å². The standard InChI is InChI=1S/C16H14O6/c1-3-21-9-5-7-11(9)13(15(17)18)8-6-10(22-4-2)12(8)14(7)16(19)20/h3-4,9-10H,1-2,5-6H2,(H,17,18)(H,19,20). The molecule has 1 aromatic rings. The van der Waals surface area contributed by atoms with Crippen LogP contribution in [0.2, 0.25) is 0 Å². The highest BCUT2D eigenvalue weighted by atomic mass is 16.5. The van der Waals surface area contributed by atoms with Crippen LogP contribution in [0.3, 0.4) is 0 Å². The quantitative estimate of drug-likeness (QED) is 0.785. The summed E-state index contributed by atoms with van der Waals surface area (Å²) in [6.07, 6.45) is 2.25. The molecule has 0 aliphatic heterocycles. The van der Waals surface area contributed by atoms with Gasteiger partial charge < -0.3 is 19.7 Å². The highest BCUT2D eigenvalue weighted by molar-refractivity contribution is 6.00. The lowest BCUT2D eigenvalue weighted by Gasteiger charge is -2.40. The van der Waals surface area contributed by atoms with E-state index in [1.807, 2.05) is 0 Å². The molecular formula is C16H14O6. The van der Waals surface area contributed by atoms with Crippen molar-refractivity contribution in [3.8, 4) is 0 Å². The zero-order chi connectivity index (χ0) is 16.0. The fourth-order valence-electron chi connectivity index (χ4n) is 3.30. The van der Waals surface area contributed by atoms with Crippen LogP contribution in [0.1, 0.15) is 55.2 Å². The van der Waals surface area contributed by atoms with Crippen LogP contribution in [0.5, 0.6) is 0 Å². The van der Waals surface area contributed by atoms with Crippen LogP contribution >= 0.6 is 0 Å². The normalized spacial score (nSPS) is 20.5. The van der Waals surface area contributed by atoms with Gasteiger partial charge in [0.05, 0.1) is 23.7 Å². The number of ether oxygens (including phenoxy) is 2. The van der Waals surface area contributed by atoms with Crippen LogP contribution in [-0.2, 0) is 22.3 Å². The molecule has 0 radical (unpaired) electrons. The van der Waals surface area contributed by atoms with Crippen molar-refractivity contribution >= 4 is 11.9 Å². The van der Waals surface area contributed by atoms with Crippen LogP contribution in [0.4, 0.5) is 0 Å². The molecular weight excluding hydrogens is 288 g/mol. The van der Waals surface area contributed by atoms with Gasteiger partial charge in [-0.2, -0.15) is 0 Å². The Kier molecular flexibility index (Phi) is 3.16. The maximum Gasteiger partial charge on any atom is 0.336 e. The Balaban J connectivity index is 2.23. The van der Waals surface area contributed by atoms with Gasteiger partial charge in [0.15, 0.2) is 0 Å². The molecule has 0 heterocycles. The predicted octanol–water partition coefficient (Wildman–Crippen LogP) is 2.60. The molecule has 0 amide bonds. The first-order valence-corrected chi connectivity index (χ1v) is 6.72. The van der Waals surface area contributed by atoms with E-state index in [-0.39, 0.29) is 11.1 Å². The van der Waals surface area contributed by atoms with E-state index < -0.39 is 24.1 Å². The molecule has 114 valence electrons. The number of benzene rings is 1. The summed E-state index contributed by atoms with van der Waals surface area (Å²) in [5, 5.41) is 19.0. The van der Waals surface area contributed by atoms with E-state index in [4.69, 9.17) is 9.47 Å². The summed E-state index contributed by atoms with van der Waals surface area (Å²) >= 11 is 0. The third kappa shape index (κ3) is 1.73. The Morgan fingerprint density at radius 2 is 1.27 bits per heavy atom. The molecule has 2 N–H and O–H groups in total. The summed E-state index contributed by atoms with van der Waals surface area (Å²) in [6.45, 7) is 6.92. The molecule has 2 atom stereocenters. The number of carbonyl (C=O) groups is 2. The van der Waals surface area contributed by atoms with Crippen molar-refractivity contribution in [2.45, 2.75) is 25.0 Å². The van der Waals surface area contributed by atoms with Gasteiger partial charge in [-0.05, 0) is 11.1 Å². The number of hydrogen-bond acceptors (Lipinski definition) is 4. The summed E-state index contributed by atoms with van der Waals surface area (Å²) < 4.78 is 10.6. The van der Waals surface area contributed by atoms with Gasteiger partial charge in [-0.3, -0.25) is 0 Å². The minimum Gasteiger partial charge on any atom is -0.494 e. The Morgan fingerprint density at radius 1 is 0.909 bits per heavy atom. The SMILES string of the molecule is C=COC1Cc2c(C(=O)O)c3c(c(C(=O)O)c21)CC3OC=C. The minimum atomic E-state index is -1.08. The maximum absolute atomic E-state index is 11.6. The zero-order valence-corrected chi connectivity index (χ0v) is 11.7. The van der Waals surface area contributed by atoms with Gasteiger partial charge >= 0.3 is 11.9 Å². The number of fused-ring (bicyclic) bond motifs is 2. The smallest absolute Gasteiger partial charge is 0.336 e. The monoisotopic (exact) mass is 302 g/mol. The number of rotatable bonds is 6. The van der Waals surface area contributed by atoms with E-state index in [0.717, 1.165) is 0 Å². The first kappa shape index (κ1) is 14.2. The van der Waals surface area contributed by atoms with Crippen LogP contribution in [0.25, 0.3) is 0 Å². The summed E-state index contributed by atoms with van der Waals surface area (Å²) in [4.78, 5) is 23.2. The van der Waals surface area contributed by atoms with Crippen LogP contribution < -0.4 is 0 Å². The molecule has 0 bridgehead atoms. The van der Waals surface area contributed by atoms with Gasteiger partial charge in [0.25, 0.3) is 0 Å². The van der Waals surface area contributed by atoms with Crippen molar-refractivity contribution in [1.82, 2.24) is 0 Å². The van der Waals surface area contributed by atoms with Crippen molar-refractivity contribution in [3.05, 3.63) is 59.1 Å². The Labute approximate surface area is 126 Å². The van der Waals surface area contributed by atoms with E-state index in [1.165, 1.54) is 12.5 Å². The number of aromatic carboxylic acids is 2.